The quantitative estimate of drug-likeness (QED) is 0.358. The summed E-state index contributed by atoms with van der Waals surface area (Å²) in [7, 11) is 1.65. The Hall–Kier alpha value is -2.32. The van der Waals surface area contributed by atoms with Gasteiger partial charge in [0.25, 0.3) is 5.56 Å². The molecule has 1 aliphatic carbocycles. The van der Waals surface area contributed by atoms with Crippen molar-refractivity contribution in [2.45, 2.75) is 69.3 Å². The largest absolute Gasteiger partial charge is 0.497 e. The number of hydrogen-bond donors (Lipinski definition) is 1. The molecule has 0 bridgehead atoms. The van der Waals surface area contributed by atoms with Crippen LogP contribution >= 0.6 is 23.1 Å². The van der Waals surface area contributed by atoms with Gasteiger partial charge in [-0.3, -0.25) is 14.2 Å². The third-order valence-electron chi connectivity index (χ3n) is 6.42. The molecule has 1 fully saturated rings. The summed E-state index contributed by atoms with van der Waals surface area (Å²) in [6.07, 6.45) is 4.99. The number of rotatable bonds is 8. The number of aromatic nitrogens is 2. The van der Waals surface area contributed by atoms with Crippen LogP contribution in [0.2, 0.25) is 0 Å². The highest BCUT2D eigenvalue weighted by molar-refractivity contribution is 8.00. The number of nitrogens with zero attached hydrogens (tertiary/aromatic N) is 2. The van der Waals surface area contributed by atoms with Gasteiger partial charge in [-0.05, 0) is 63.3 Å². The molecule has 4 rings (SSSR count). The van der Waals surface area contributed by atoms with E-state index in [2.05, 4.69) is 5.32 Å². The zero-order valence-electron chi connectivity index (χ0n) is 19.6. The number of carbonyl (C=O) groups is 1. The van der Waals surface area contributed by atoms with E-state index in [0.717, 1.165) is 64.1 Å². The highest BCUT2D eigenvalue weighted by Crippen LogP contribution is 2.35. The molecule has 0 aliphatic heterocycles. The standard InChI is InChI=1S/C25H31N3O3S2/c1-15-16(2)32-23-21(15)24(30)28(19-7-5-6-8-19)25(27-23)33-17(3)22(29)26-14-13-18-9-11-20(31-4)12-10-18/h9-12,17,19H,5-8,13-14H2,1-4H3,(H,26,29). The van der Waals surface area contributed by atoms with Crippen LogP contribution in [0.5, 0.6) is 5.75 Å². The molecule has 3 aromatic rings. The van der Waals surface area contributed by atoms with E-state index < -0.39 is 0 Å². The van der Waals surface area contributed by atoms with Crippen LogP contribution in [0.3, 0.4) is 0 Å². The fraction of sp³-hybridized carbons (Fsp3) is 0.480. The highest BCUT2D eigenvalue weighted by atomic mass is 32.2. The molecule has 1 N–H and O–H groups in total. The Morgan fingerprint density at radius 3 is 2.64 bits per heavy atom. The predicted octanol–water partition coefficient (Wildman–Crippen LogP) is 5.04. The lowest BCUT2D eigenvalue weighted by molar-refractivity contribution is -0.120. The lowest BCUT2D eigenvalue weighted by atomic mass is 10.1. The van der Waals surface area contributed by atoms with Crippen molar-refractivity contribution in [3.8, 4) is 5.75 Å². The van der Waals surface area contributed by atoms with Gasteiger partial charge < -0.3 is 10.1 Å². The van der Waals surface area contributed by atoms with E-state index in [9.17, 15) is 9.59 Å². The Bertz CT molecular complexity index is 1190. The zero-order chi connectivity index (χ0) is 23.5. The van der Waals surface area contributed by atoms with Crippen LogP contribution in [0.15, 0.2) is 34.2 Å². The van der Waals surface area contributed by atoms with Crippen molar-refractivity contribution in [2.24, 2.45) is 0 Å². The Morgan fingerprint density at radius 1 is 1.27 bits per heavy atom. The number of nitrogens with one attached hydrogen (secondary N) is 1. The van der Waals surface area contributed by atoms with Crippen LogP contribution in [0.4, 0.5) is 0 Å². The van der Waals surface area contributed by atoms with E-state index in [1.807, 2.05) is 49.6 Å². The van der Waals surface area contributed by atoms with Gasteiger partial charge in [0.1, 0.15) is 10.6 Å². The van der Waals surface area contributed by atoms with E-state index in [4.69, 9.17) is 9.72 Å². The topological polar surface area (TPSA) is 73.2 Å². The van der Waals surface area contributed by atoms with Crippen molar-refractivity contribution in [3.05, 3.63) is 50.6 Å². The second-order valence-corrected chi connectivity index (χ2v) is 11.1. The average Bonchev–Trinajstić information content (AvgIpc) is 3.42. The molecule has 2 heterocycles. The molecule has 1 saturated carbocycles. The maximum atomic E-state index is 13.5. The molecule has 8 heteroatoms. The fourth-order valence-electron chi connectivity index (χ4n) is 4.33. The maximum absolute atomic E-state index is 13.5. The van der Waals surface area contributed by atoms with Gasteiger partial charge in [0.2, 0.25) is 5.91 Å². The summed E-state index contributed by atoms with van der Waals surface area (Å²) >= 11 is 2.95. The summed E-state index contributed by atoms with van der Waals surface area (Å²) in [5.41, 5.74) is 2.21. The maximum Gasteiger partial charge on any atom is 0.263 e. The summed E-state index contributed by atoms with van der Waals surface area (Å²) in [5, 5.41) is 4.09. The molecule has 176 valence electrons. The van der Waals surface area contributed by atoms with E-state index in [0.29, 0.717) is 11.7 Å². The van der Waals surface area contributed by atoms with Gasteiger partial charge in [0.15, 0.2) is 5.16 Å². The number of benzene rings is 1. The van der Waals surface area contributed by atoms with Gasteiger partial charge in [-0.25, -0.2) is 4.98 Å². The molecule has 1 atom stereocenters. The molecule has 33 heavy (non-hydrogen) atoms. The number of amides is 1. The molecular formula is C25H31N3O3S2. The number of thioether (sulfide) groups is 1. The molecule has 1 aliphatic rings. The van der Waals surface area contributed by atoms with E-state index in [1.165, 1.54) is 11.8 Å². The second-order valence-electron chi connectivity index (χ2n) is 8.62. The minimum absolute atomic E-state index is 0.0422. The van der Waals surface area contributed by atoms with Crippen molar-refractivity contribution in [1.82, 2.24) is 14.9 Å². The van der Waals surface area contributed by atoms with Gasteiger partial charge in [0, 0.05) is 17.5 Å². The van der Waals surface area contributed by atoms with E-state index in [-0.39, 0.29) is 22.8 Å². The Morgan fingerprint density at radius 2 is 1.97 bits per heavy atom. The van der Waals surface area contributed by atoms with Crippen LogP contribution in [0.25, 0.3) is 10.2 Å². The van der Waals surface area contributed by atoms with Gasteiger partial charge >= 0.3 is 0 Å². The zero-order valence-corrected chi connectivity index (χ0v) is 21.3. The van der Waals surface area contributed by atoms with Crippen molar-refractivity contribution in [3.63, 3.8) is 0 Å². The first-order valence-electron chi connectivity index (χ1n) is 11.5. The Balaban J connectivity index is 1.49. The van der Waals surface area contributed by atoms with Gasteiger partial charge in [-0.2, -0.15) is 0 Å². The summed E-state index contributed by atoms with van der Waals surface area (Å²) < 4.78 is 7.06. The van der Waals surface area contributed by atoms with Gasteiger partial charge in [-0.15, -0.1) is 11.3 Å². The first-order valence-corrected chi connectivity index (χ1v) is 13.2. The minimum Gasteiger partial charge on any atom is -0.497 e. The van der Waals surface area contributed by atoms with Crippen molar-refractivity contribution in [1.29, 1.82) is 0 Å². The van der Waals surface area contributed by atoms with Crippen LogP contribution < -0.4 is 15.6 Å². The number of aryl methyl sites for hydroxylation is 2. The lowest BCUT2D eigenvalue weighted by Crippen LogP contribution is -2.33. The summed E-state index contributed by atoms with van der Waals surface area (Å²) in [6.45, 7) is 6.48. The highest BCUT2D eigenvalue weighted by Gasteiger charge is 2.27. The monoisotopic (exact) mass is 485 g/mol. The number of methoxy groups -OCH3 is 1. The first-order chi connectivity index (χ1) is 15.9. The normalized spacial score (nSPS) is 15.2. The predicted molar refractivity (Wildman–Crippen MR) is 136 cm³/mol. The molecule has 0 radical (unpaired) electrons. The van der Waals surface area contributed by atoms with E-state index in [1.54, 1.807) is 18.4 Å². The Kier molecular flexibility index (Phi) is 7.44. The number of thiophene rings is 1. The number of hydrogen-bond acceptors (Lipinski definition) is 6. The minimum atomic E-state index is -0.347. The summed E-state index contributed by atoms with van der Waals surface area (Å²) in [6, 6.07) is 8.03. The van der Waals surface area contributed by atoms with Gasteiger partial charge in [-0.1, -0.05) is 36.7 Å². The summed E-state index contributed by atoms with van der Waals surface area (Å²) in [4.78, 5) is 33.1. The SMILES string of the molecule is COc1ccc(CCNC(=O)C(C)Sc2nc3sc(C)c(C)c3c(=O)n2C2CCCC2)cc1. The van der Waals surface area contributed by atoms with Crippen LogP contribution in [-0.4, -0.2) is 34.4 Å². The average molecular weight is 486 g/mol. The molecule has 0 saturated heterocycles. The molecule has 1 aromatic carbocycles. The molecule has 1 amide bonds. The van der Waals surface area contributed by atoms with Crippen LogP contribution in [0.1, 0.15) is 54.7 Å². The molecular weight excluding hydrogens is 454 g/mol. The van der Waals surface area contributed by atoms with Crippen LogP contribution in [0, 0.1) is 13.8 Å². The number of ether oxygens (including phenoxy) is 1. The van der Waals surface area contributed by atoms with Gasteiger partial charge in [0.05, 0.1) is 17.7 Å². The third-order valence-corrected chi connectivity index (χ3v) is 8.58. The smallest absolute Gasteiger partial charge is 0.263 e. The summed E-state index contributed by atoms with van der Waals surface area (Å²) in [5.74, 6) is 0.779. The molecule has 0 spiro atoms. The number of fused-ring (bicyclic) bond motifs is 1. The van der Waals surface area contributed by atoms with Crippen molar-refractivity contribution < 1.29 is 9.53 Å². The fourth-order valence-corrected chi connectivity index (χ4v) is 6.41. The van der Waals surface area contributed by atoms with E-state index >= 15 is 0 Å². The second kappa shape index (κ2) is 10.3. The first kappa shape index (κ1) is 23.8. The number of carbonyl (C=O) groups excluding carboxylic acids is 1. The molecule has 2 aromatic heterocycles. The lowest BCUT2D eigenvalue weighted by Gasteiger charge is -2.20. The Labute approximate surface area is 202 Å². The third kappa shape index (κ3) is 5.11. The molecule has 6 nitrogen and oxygen atoms in total. The van der Waals surface area contributed by atoms with Crippen molar-refractivity contribution >= 4 is 39.2 Å². The molecule has 1 unspecified atom stereocenters. The van der Waals surface area contributed by atoms with Crippen LogP contribution in [-0.2, 0) is 11.2 Å². The van der Waals surface area contributed by atoms with Crippen molar-refractivity contribution in [2.75, 3.05) is 13.7 Å².